The average Bonchev–Trinajstić information content (AvgIpc) is 2.49. The molecule has 0 aliphatic carbocycles. The van der Waals surface area contributed by atoms with Crippen LogP contribution in [0.15, 0.2) is 18.3 Å². The molecule has 120 valence electrons. The predicted octanol–water partition coefficient (Wildman–Crippen LogP) is 1.19. The SMILES string of the molecule is CC.Nc1cccnc1OCCCN1CCS(=O)(=O)CC1. The van der Waals surface area contributed by atoms with Gasteiger partial charge in [-0.3, -0.25) is 0 Å². The molecule has 0 saturated carbocycles. The zero-order valence-electron chi connectivity index (χ0n) is 12.8. The van der Waals surface area contributed by atoms with Crippen LogP contribution in [0, 0.1) is 0 Å². The molecule has 2 rings (SSSR count). The van der Waals surface area contributed by atoms with E-state index in [4.69, 9.17) is 10.5 Å². The first-order chi connectivity index (χ1) is 10.1. The zero-order chi connectivity index (χ0) is 15.7. The van der Waals surface area contributed by atoms with Crippen molar-refractivity contribution in [3.63, 3.8) is 0 Å². The number of nitrogens with zero attached hydrogens (tertiary/aromatic N) is 2. The van der Waals surface area contributed by atoms with Crippen LogP contribution < -0.4 is 10.5 Å². The van der Waals surface area contributed by atoms with Crippen LogP contribution in [0.1, 0.15) is 20.3 Å². The van der Waals surface area contributed by atoms with Gasteiger partial charge in [0.05, 0.1) is 23.8 Å². The van der Waals surface area contributed by atoms with Crippen LogP contribution in [0.2, 0.25) is 0 Å². The number of ether oxygens (including phenoxy) is 1. The van der Waals surface area contributed by atoms with Crippen molar-refractivity contribution in [2.75, 3.05) is 43.5 Å². The van der Waals surface area contributed by atoms with Crippen molar-refractivity contribution in [2.24, 2.45) is 0 Å². The molecule has 0 spiro atoms. The minimum Gasteiger partial charge on any atom is -0.476 e. The summed E-state index contributed by atoms with van der Waals surface area (Å²) >= 11 is 0. The molecule has 7 heteroatoms. The number of sulfone groups is 1. The van der Waals surface area contributed by atoms with E-state index in [1.54, 1.807) is 18.3 Å². The van der Waals surface area contributed by atoms with Crippen molar-refractivity contribution >= 4 is 15.5 Å². The van der Waals surface area contributed by atoms with Gasteiger partial charge in [-0.15, -0.1) is 0 Å². The molecule has 1 aromatic heterocycles. The summed E-state index contributed by atoms with van der Waals surface area (Å²) in [5.74, 6) is 0.992. The van der Waals surface area contributed by atoms with E-state index in [2.05, 4.69) is 9.88 Å². The Morgan fingerprint density at radius 3 is 2.62 bits per heavy atom. The van der Waals surface area contributed by atoms with Crippen LogP contribution in [-0.2, 0) is 9.84 Å². The van der Waals surface area contributed by atoms with Gasteiger partial charge in [-0.1, -0.05) is 13.8 Å². The van der Waals surface area contributed by atoms with Crippen LogP contribution in [0.5, 0.6) is 5.88 Å². The Balaban J connectivity index is 0.00000106. The standard InChI is InChI=1S/C12H19N3O3S.C2H6/c13-11-3-1-4-14-12(11)18-8-2-5-15-6-9-19(16,17)10-7-15;1-2/h1,3-4H,2,5-10,13H2;1-2H3. The fourth-order valence-electron chi connectivity index (χ4n) is 1.95. The summed E-state index contributed by atoms with van der Waals surface area (Å²) in [6.07, 6.45) is 2.47. The van der Waals surface area contributed by atoms with E-state index >= 15 is 0 Å². The molecule has 6 nitrogen and oxygen atoms in total. The second kappa shape index (κ2) is 8.84. The number of aromatic nitrogens is 1. The van der Waals surface area contributed by atoms with Crippen LogP contribution in [0.4, 0.5) is 5.69 Å². The largest absolute Gasteiger partial charge is 0.476 e. The number of anilines is 1. The van der Waals surface area contributed by atoms with Crippen molar-refractivity contribution < 1.29 is 13.2 Å². The summed E-state index contributed by atoms with van der Waals surface area (Å²) in [6, 6.07) is 3.51. The van der Waals surface area contributed by atoms with Crippen molar-refractivity contribution in [3.05, 3.63) is 18.3 Å². The van der Waals surface area contributed by atoms with Crippen LogP contribution in [0.3, 0.4) is 0 Å². The van der Waals surface area contributed by atoms with Gasteiger partial charge in [-0.2, -0.15) is 0 Å². The minimum atomic E-state index is -2.79. The molecule has 1 aromatic rings. The van der Waals surface area contributed by atoms with Gasteiger partial charge in [0.2, 0.25) is 5.88 Å². The second-order valence-electron chi connectivity index (χ2n) is 4.59. The maximum Gasteiger partial charge on any atom is 0.237 e. The maximum atomic E-state index is 11.3. The maximum absolute atomic E-state index is 11.3. The monoisotopic (exact) mass is 315 g/mol. The lowest BCUT2D eigenvalue weighted by molar-refractivity contribution is 0.242. The number of hydrogen-bond acceptors (Lipinski definition) is 6. The predicted molar refractivity (Wildman–Crippen MR) is 85.2 cm³/mol. The van der Waals surface area contributed by atoms with Crippen LogP contribution in [-0.4, -0.2) is 56.0 Å². The van der Waals surface area contributed by atoms with Crippen molar-refractivity contribution in [1.29, 1.82) is 0 Å². The van der Waals surface area contributed by atoms with Gasteiger partial charge in [0, 0.05) is 25.8 Å². The molecule has 0 radical (unpaired) electrons. The number of nitrogens with two attached hydrogens (primary N) is 1. The quantitative estimate of drug-likeness (QED) is 0.822. The zero-order valence-corrected chi connectivity index (χ0v) is 13.6. The fourth-order valence-corrected chi connectivity index (χ4v) is 3.23. The highest BCUT2D eigenvalue weighted by Gasteiger charge is 2.20. The third-order valence-electron chi connectivity index (χ3n) is 3.10. The first-order valence-corrected chi connectivity index (χ1v) is 9.15. The van der Waals surface area contributed by atoms with Crippen molar-refractivity contribution in [2.45, 2.75) is 20.3 Å². The summed E-state index contributed by atoms with van der Waals surface area (Å²) < 4.78 is 28.0. The number of pyridine rings is 1. The Hall–Kier alpha value is -1.34. The molecule has 0 bridgehead atoms. The van der Waals surface area contributed by atoms with E-state index in [0.29, 0.717) is 31.3 Å². The van der Waals surface area contributed by atoms with Gasteiger partial charge < -0.3 is 15.4 Å². The number of hydrogen-bond donors (Lipinski definition) is 1. The first-order valence-electron chi connectivity index (χ1n) is 7.33. The molecule has 0 unspecified atom stereocenters. The molecule has 1 aliphatic rings. The van der Waals surface area contributed by atoms with Crippen LogP contribution in [0.25, 0.3) is 0 Å². The second-order valence-corrected chi connectivity index (χ2v) is 6.90. The molecule has 1 saturated heterocycles. The molecule has 1 fully saturated rings. The Morgan fingerprint density at radius 2 is 2.00 bits per heavy atom. The number of nitrogen functional groups attached to an aromatic ring is 1. The molecule has 0 amide bonds. The Morgan fingerprint density at radius 1 is 1.33 bits per heavy atom. The molecule has 0 atom stereocenters. The third-order valence-corrected chi connectivity index (χ3v) is 4.70. The molecular weight excluding hydrogens is 290 g/mol. The Labute approximate surface area is 127 Å². The van der Waals surface area contributed by atoms with E-state index in [-0.39, 0.29) is 11.5 Å². The topological polar surface area (TPSA) is 85.5 Å². The van der Waals surface area contributed by atoms with E-state index in [9.17, 15) is 8.42 Å². The highest BCUT2D eigenvalue weighted by molar-refractivity contribution is 7.91. The third kappa shape index (κ3) is 6.31. The van der Waals surface area contributed by atoms with Crippen molar-refractivity contribution in [1.82, 2.24) is 9.88 Å². The Kier molecular flexibility index (Phi) is 7.45. The summed E-state index contributed by atoms with van der Waals surface area (Å²) in [6.45, 7) is 6.61. The fraction of sp³-hybridized carbons (Fsp3) is 0.643. The van der Waals surface area contributed by atoms with E-state index in [1.807, 2.05) is 13.8 Å². The Bertz CT molecular complexity index is 506. The lowest BCUT2D eigenvalue weighted by Gasteiger charge is -2.26. The number of rotatable bonds is 5. The normalized spacial score (nSPS) is 17.6. The first kappa shape index (κ1) is 17.7. The van der Waals surface area contributed by atoms with Gasteiger partial charge in [-0.25, -0.2) is 13.4 Å². The highest BCUT2D eigenvalue weighted by Crippen LogP contribution is 2.16. The summed E-state index contributed by atoms with van der Waals surface area (Å²) in [5.41, 5.74) is 6.24. The van der Waals surface area contributed by atoms with Crippen molar-refractivity contribution in [3.8, 4) is 5.88 Å². The molecule has 2 N–H and O–H groups in total. The van der Waals surface area contributed by atoms with E-state index in [1.165, 1.54) is 0 Å². The van der Waals surface area contributed by atoms with Gasteiger partial charge in [0.25, 0.3) is 0 Å². The van der Waals surface area contributed by atoms with Gasteiger partial charge in [0.1, 0.15) is 0 Å². The van der Waals surface area contributed by atoms with E-state index in [0.717, 1.165) is 13.0 Å². The molecule has 0 aromatic carbocycles. The summed E-state index contributed by atoms with van der Waals surface area (Å²) in [7, 11) is -2.79. The van der Waals surface area contributed by atoms with Crippen LogP contribution >= 0.6 is 0 Å². The lowest BCUT2D eigenvalue weighted by atomic mass is 10.4. The molecule has 2 heterocycles. The van der Waals surface area contributed by atoms with Gasteiger partial charge in [-0.05, 0) is 18.6 Å². The van der Waals surface area contributed by atoms with Gasteiger partial charge in [0.15, 0.2) is 9.84 Å². The molecule has 21 heavy (non-hydrogen) atoms. The van der Waals surface area contributed by atoms with E-state index < -0.39 is 9.84 Å². The highest BCUT2D eigenvalue weighted by atomic mass is 32.2. The lowest BCUT2D eigenvalue weighted by Crippen LogP contribution is -2.40. The smallest absolute Gasteiger partial charge is 0.237 e. The molecular formula is C14H25N3O3S. The van der Waals surface area contributed by atoms with Gasteiger partial charge >= 0.3 is 0 Å². The summed E-state index contributed by atoms with van der Waals surface area (Å²) in [5, 5.41) is 0. The average molecular weight is 315 g/mol. The summed E-state index contributed by atoms with van der Waals surface area (Å²) in [4.78, 5) is 6.19. The molecule has 1 aliphatic heterocycles. The minimum absolute atomic E-state index is 0.265.